The quantitative estimate of drug-likeness (QED) is 0.835. The second-order valence-electron chi connectivity index (χ2n) is 5.96. The number of benzene rings is 1. The van der Waals surface area contributed by atoms with Crippen LogP contribution < -0.4 is 10.6 Å². The van der Waals surface area contributed by atoms with E-state index in [1.165, 1.54) is 0 Å². The summed E-state index contributed by atoms with van der Waals surface area (Å²) in [6.07, 6.45) is 0.685. The van der Waals surface area contributed by atoms with Crippen LogP contribution >= 0.6 is 0 Å². The lowest BCUT2D eigenvalue weighted by molar-refractivity contribution is -0.118. The zero-order valence-electron chi connectivity index (χ0n) is 11.5. The van der Waals surface area contributed by atoms with Crippen molar-refractivity contribution in [2.45, 2.75) is 6.42 Å². The molecule has 4 nitrogen and oxygen atoms in total. The van der Waals surface area contributed by atoms with Gasteiger partial charge < -0.3 is 15.5 Å². The van der Waals surface area contributed by atoms with E-state index in [2.05, 4.69) is 11.9 Å². The summed E-state index contributed by atoms with van der Waals surface area (Å²) in [7, 11) is 4.00. The number of nitrogens with zero attached hydrogens (tertiary/aromatic N) is 2. The Balaban J connectivity index is 1.58. The molecule has 2 N–H and O–H groups in total. The van der Waals surface area contributed by atoms with Gasteiger partial charge in [-0.25, -0.2) is 0 Å². The van der Waals surface area contributed by atoms with Gasteiger partial charge in [-0.15, -0.1) is 0 Å². The third-order valence-electron chi connectivity index (χ3n) is 4.62. The zero-order valence-corrected chi connectivity index (χ0v) is 11.5. The van der Waals surface area contributed by atoms with Crippen molar-refractivity contribution in [1.82, 2.24) is 4.90 Å². The van der Waals surface area contributed by atoms with E-state index in [0.717, 1.165) is 36.3 Å². The van der Waals surface area contributed by atoms with Gasteiger partial charge in [0.1, 0.15) is 0 Å². The van der Waals surface area contributed by atoms with Crippen molar-refractivity contribution in [3.05, 3.63) is 24.3 Å². The molecule has 2 unspecified atom stereocenters. The molecule has 3 rings (SSSR count). The first-order chi connectivity index (χ1) is 9.06. The third kappa shape index (κ3) is 2.32. The fourth-order valence-corrected chi connectivity index (χ4v) is 3.34. The Hall–Kier alpha value is -1.55. The molecule has 19 heavy (non-hydrogen) atoms. The maximum Gasteiger partial charge on any atom is 0.227 e. The molecule has 1 aromatic rings. The van der Waals surface area contributed by atoms with Crippen LogP contribution in [0, 0.1) is 17.8 Å². The minimum Gasteiger partial charge on any atom is -0.399 e. The Morgan fingerprint density at radius 2 is 1.89 bits per heavy atom. The highest BCUT2D eigenvalue weighted by Crippen LogP contribution is 2.53. The summed E-state index contributed by atoms with van der Waals surface area (Å²) in [5, 5.41) is 0. The maximum atomic E-state index is 12.3. The number of piperidine rings is 1. The molecule has 2 atom stereocenters. The number of likely N-dealkylation sites (tertiary alicyclic amines) is 1. The highest BCUT2D eigenvalue weighted by atomic mass is 16.2. The van der Waals surface area contributed by atoms with Gasteiger partial charge in [0.2, 0.25) is 5.91 Å². The van der Waals surface area contributed by atoms with Gasteiger partial charge in [-0.05, 0) is 49.1 Å². The van der Waals surface area contributed by atoms with Crippen LogP contribution in [0.5, 0.6) is 0 Å². The van der Waals surface area contributed by atoms with Gasteiger partial charge >= 0.3 is 0 Å². The van der Waals surface area contributed by atoms with Crippen LogP contribution in [0.2, 0.25) is 0 Å². The van der Waals surface area contributed by atoms with E-state index < -0.39 is 0 Å². The van der Waals surface area contributed by atoms with Crippen molar-refractivity contribution in [2.75, 3.05) is 37.8 Å². The Kier molecular flexibility index (Phi) is 2.97. The molecule has 0 bridgehead atoms. The van der Waals surface area contributed by atoms with E-state index in [4.69, 9.17) is 5.73 Å². The number of nitrogens with two attached hydrogens (primary N) is 1. The van der Waals surface area contributed by atoms with Gasteiger partial charge in [0.05, 0.1) is 0 Å². The first-order valence-electron chi connectivity index (χ1n) is 6.87. The van der Waals surface area contributed by atoms with Crippen LogP contribution in [0.4, 0.5) is 11.4 Å². The lowest BCUT2D eigenvalue weighted by atomic mass is 10.1. The predicted molar refractivity (Wildman–Crippen MR) is 76.8 cm³/mol. The first-order valence-corrected chi connectivity index (χ1v) is 6.87. The van der Waals surface area contributed by atoms with Gasteiger partial charge in [0.25, 0.3) is 0 Å². The highest BCUT2D eigenvalue weighted by Gasteiger charge is 2.55. The number of nitrogen functional groups attached to an aromatic ring is 1. The number of carbonyl (C=O) groups excluding carboxylic acids is 1. The van der Waals surface area contributed by atoms with E-state index in [0.29, 0.717) is 12.3 Å². The van der Waals surface area contributed by atoms with Crippen LogP contribution in [0.1, 0.15) is 6.42 Å². The van der Waals surface area contributed by atoms with Crippen molar-refractivity contribution < 1.29 is 4.79 Å². The monoisotopic (exact) mass is 259 g/mol. The number of anilines is 2. The summed E-state index contributed by atoms with van der Waals surface area (Å²) in [6.45, 7) is 2.32. The van der Waals surface area contributed by atoms with Gasteiger partial charge in [-0.1, -0.05) is 0 Å². The summed E-state index contributed by atoms with van der Waals surface area (Å²) in [6, 6.07) is 7.46. The highest BCUT2D eigenvalue weighted by molar-refractivity contribution is 5.93. The molecular weight excluding hydrogens is 238 g/mol. The standard InChI is InChI=1S/C15H21N3O/c1-17-8-13-12(14(13)9-17)7-15(19)18(2)11-5-3-10(16)4-6-11/h3-6,12-14H,7-9,16H2,1-2H3. The third-order valence-corrected chi connectivity index (χ3v) is 4.62. The molecule has 0 spiro atoms. The SMILES string of the molecule is CN1CC2C(CC(=O)N(C)c3ccc(N)cc3)C2C1. The van der Waals surface area contributed by atoms with Gasteiger partial charge in [-0.2, -0.15) is 0 Å². The number of hydrogen-bond acceptors (Lipinski definition) is 3. The molecule has 0 radical (unpaired) electrons. The summed E-state index contributed by atoms with van der Waals surface area (Å²) in [5.74, 6) is 2.34. The van der Waals surface area contributed by atoms with Gasteiger partial charge in [0.15, 0.2) is 0 Å². The summed E-state index contributed by atoms with van der Waals surface area (Å²) in [5.41, 5.74) is 7.31. The molecule has 1 saturated carbocycles. The first kappa shape index (κ1) is 12.5. The van der Waals surface area contributed by atoms with Crippen LogP contribution in [-0.2, 0) is 4.79 Å². The molecule has 1 saturated heterocycles. The molecule has 0 aromatic heterocycles. The number of amides is 1. The molecule has 2 aliphatic rings. The molecular formula is C15H21N3O. The van der Waals surface area contributed by atoms with Crippen LogP contribution in [0.15, 0.2) is 24.3 Å². The van der Waals surface area contributed by atoms with Crippen molar-refractivity contribution in [3.63, 3.8) is 0 Å². The number of rotatable bonds is 3. The van der Waals surface area contributed by atoms with Crippen molar-refractivity contribution in [1.29, 1.82) is 0 Å². The van der Waals surface area contributed by atoms with Crippen LogP contribution in [0.3, 0.4) is 0 Å². The van der Waals surface area contributed by atoms with Gasteiger partial charge in [0, 0.05) is 37.9 Å². The van der Waals surface area contributed by atoms with Gasteiger partial charge in [-0.3, -0.25) is 4.79 Å². The number of carbonyl (C=O) groups is 1. The van der Waals surface area contributed by atoms with Crippen LogP contribution in [0.25, 0.3) is 0 Å². The molecule has 2 fully saturated rings. The Bertz CT molecular complexity index is 473. The lowest BCUT2D eigenvalue weighted by Gasteiger charge is -2.19. The topological polar surface area (TPSA) is 49.6 Å². The zero-order chi connectivity index (χ0) is 13.6. The summed E-state index contributed by atoms with van der Waals surface area (Å²) < 4.78 is 0. The van der Waals surface area contributed by atoms with Crippen molar-refractivity contribution in [2.24, 2.45) is 17.8 Å². The number of fused-ring (bicyclic) bond motifs is 1. The smallest absolute Gasteiger partial charge is 0.227 e. The molecule has 102 valence electrons. The summed E-state index contributed by atoms with van der Waals surface area (Å²) >= 11 is 0. The molecule has 1 aliphatic heterocycles. The van der Waals surface area contributed by atoms with E-state index in [-0.39, 0.29) is 5.91 Å². The summed E-state index contributed by atoms with van der Waals surface area (Å²) in [4.78, 5) is 16.4. The Labute approximate surface area is 114 Å². The fourth-order valence-electron chi connectivity index (χ4n) is 3.34. The lowest BCUT2D eigenvalue weighted by Crippen LogP contribution is -2.28. The van der Waals surface area contributed by atoms with E-state index in [1.54, 1.807) is 4.90 Å². The largest absolute Gasteiger partial charge is 0.399 e. The maximum absolute atomic E-state index is 12.3. The normalized spacial score (nSPS) is 29.1. The molecule has 1 heterocycles. The second kappa shape index (κ2) is 4.53. The fraction of sp³-hybridized carbons (Fsp3) is 0.533. The van der Waals surface area contributed by atoms with Crippen molar-refractivity contribution >= 4 is 17.3 Å². The van der Waals surface area contributed by atoms with Crippen LogP contribution in [-0.4, -0.2) is 38.0 Å². The molecule has 4 heteroatoms. The molecule has 1 amide bonds. The van der Waals surface area contributed by atoms with Crippen molar-refractivity contribution in [3.8, 4) is 0 Å². The molecule has 1 aliphatic carbocycles. The van der Waals surface area contributed by atoms with E-state index >= 15 is 0 Å². The Morgan fingerprint density at radius 3 is 2.47 bits per heavy atom. The number of hydrogen-bond donors (Lipinski definition) is 1. The minimum atomic E-state index is 0.215. The second-order valence-corrected chi connectivity index (χ2v) is 5.96. The van der Waals surface area contributed by atoms with E-state index in [9.17, 15) is 4.79 Å². The van der Waals surface area contributed by atoms with E-state index in [1.807, 2.05) is 31.3 Å². The average Bonchev–Trinajstić information content (AvgIpc) is 2.84. The Morgan fingerprint density at radius 1 is 1.32 bits per heavy atom. The average molecular weight is 259 g/mol. The molecule has 1 aromatic carbocycles. The predicted octanol–water partition coefficient (Wildman–Crippen LogP) is 1.43. The minimum absolute atomic E-state index is 0.215.